The Morgan fingerprint density at radius 1 is 0.947 bits per heavy atom. The van der Waals surface area contributed by atoms with E-state index < -0.39 is 0 Å². The van der Waals surface area contributed by atoms with Gasteiger partial charge in [-0.2, -0.15) is 0 Å². The van der Waals surface area contributed by atoms with Crippen molar-refractivity contribution in [3.05, 3.63) is 0 Å². The summed E-state index contributed by atoms with van der Waals surface area (Å²) in [7, 11) is 2.13. The van der Waals surface area contributed by atoms with Gasteiger partial charge in [0.05, 0.1) is 0 Å². The summed E-state index contributed by atoms with van der Waals surface area (Å²) in [6.45, 7) is 6.34. The van der Waals surface area contributed by atoms with Gasteiger partial charge >= 0.3 is 0 Å². The maximum Gasteiger partial charge on any atom is -0.00462 e. The Balaban J connectivity index is 1.66. The van der Waals surface area contributed by atoms with Gasteiger partial charge in [-0.25, -0.2) is 0 Å². The van der Waals surface area contributed by atoms with Crippen LogP contribution in [0.4, 0.5) is 0 Å². The molecule has 4 bridgehead atoms. The molecule has 108 valence electrons. The van der Waals surface area contributed by atoms with Crippen molar-refractivity contribution in [3.8, 4) is 0 Å². The Bertz CT molecular complexity index is 348. The molecule has 1 N–H and O–H groups in total. The van der Waals surface area contributed by atoms with Crippen molar-refractivity contribution in [2.45, 2.75) is 65.2 Å². The molecule has 0 amide bonds. The monoisotopic (exact) mass is 261 g/mol. The molecule has 0 heterocycles. The van der Waals surface area contributed by atoms with Crippen LogP contribution in [0, 0.1) is 34.0 Å². The first-order valence-corrected chi connectivity index (χ1v) is 8.65. The number of rotatable bonds is 4. The summed E-state index contributed by atoms with van der Waals surface area (Å²) in [4.78, 5) is 0. The Labute approximate surface area is 118 Å². The predicted molar refractivity (Wildman–Crippen MR) is 80.0 cm³/mol. The number of hydrogen-bond acceptors (Lipinski definition) is 1. The minimum Gasteiger partial charge on any atom is -0.320 e. The van der Waals surface area contributed by atoms with Gasteiger partial charge in [-0.3, -0.25) is 0 Å². The molecule has 0 spiro atoms. The zero-order valence-corrected chi connectivity index (χ0v) is 13.1. The molecular weight excluding hydrogens is 230 g/mol. The van der Waals surface area contributed by atoms with Gasteiger partial charge < -0.3 is 5.32 Å². The fourth-order valence-corrected chi connectivity index (χ4v) is 7.34. The van der Waals surface area contributed by atoms with Gasteiger partial charge in [-0.1, -0.05) is 13.8 Å². The fourth-order valence-electron chi connectivity index (χ4n) is 7.34. The maximum atomic E-state index is 3.43. The lowest BCUT2D eigenvalue weighted by Crippen LogP contribution is -2.52. The quantitative estimate of drug-likeness (QED) is 0.798. The normalized spacial score (nSPS) is 53.5. The van der Waals surface area contributed by atoms with Crippen molar-refractivity contribution in [3.63, 3.8) is 0 Å². The van der Waals surface area contributed by atoms with Crippen molar-refractivity contribution in [2.24, 2.45) is 34.0 Å². The summed E-state index contributed by atoms with van der Waals surface area (Å²) in [5.74, 6) is 3.32. The van der Waals surface area contributed by atoms with Crippen LogP contribution in [-0.4, -0.2) is 13.6 Å². The van der Waals surface area contributed by atoms with Crippen LogP contribution in [0.5, 0.6) is 0 Å². The van der Waals surface area contributed by atoms with E-state index in [9.17, 15) is 0 Å². The van der Waals surface area contributed by atoms with Crippen LogP contribution in [0.3, 0.4) is 0 Å². The van der Waals surface area contributed by atoms with E-state index in [4.69, 9.17) is 0 Å². The minimum atomic E-state index is 0.621. The van der Waals surface area contributed by atoms with Crippen molar-refractivity contribution in [1.82, 2.24) is 5.32 Å². The molecule has 5 aliphatic carbocycles. The molecule has 5 aliphatic rings. The van der Waals surface area contributed by atoms with E-state index in [1.807, 2.05) is 0 Å². The Kier molecular flexibility index (Phi) is 2.52. The Morgan fingerprint density at radius 3 is 1.79 bits per heavy atom. The summed E-state index contributed by atoms with van der Waals surface area (Å²) < 4.78 is 0. The van der Waals surface area contributed by atoms with Gasteiger partial charge in [-0.15, -0.1) is 0 Å². The van der Waals surface area contributed by atoms with E-state index in [2.05, 4.69) is 26.2 Å². The molecule has 1 heteroatoms. The third kappa shape index (κ3) is 1.57. The standard InChI is InChI=1S/C18H31N/c1-16(2)12-18(16,4-5-19-3)17-9-13-6-14(10-17)8-15(7-13)11-17/h13-15,19H,4-12H2,1-3H3. The van der Waals surface area contributed by atoms with Gasteiger partial charge in [0, 0.05) is 0 Å². The van der Waals surface area contributed by atoms with E-state index in [-0.39, 0.29) is 0 Å². The van der Waals surface area contributed by atoms with Crippen molar-refractivity contribution < 1.29 is 0 Å². The van der Waals surface area contributed by atoms with Crippen molar-refractivity contribution >= 4 is 0 Å². The topological polar surface area (TPSA) is 12.0 Å². The molecule has 5 fully saturated rings. The fraction of sp³-hybridized carbons (Fsp3) is 1.00. The van der Waals surface area contributed by atoms with Crippen LogP contribution in [0.1, 0.15) is 65.2 Å². The molecule has 0 saturated heterocycles. The van der Waals surface area contributed by atoms with Crippen LogP contribution in [0.15, 0.2) is 0 Å². The largest absolute Gasteiger partial charge is 0.320 e. The third-order valence-electron chi connectivity index (χ3n) is 7.77. The van der Waals surface area contributed by atoms with Gasteiger partial charge in [0.25, 0.3) is 0 Å². The van der Waals surface area contributed by atoms with Crippen molar-refractivity contribution in [1.29, 1.82) is 0 Å². The second-order valence-corrected chi connectivity index (χ2v) is 9.19. The lowest BCUT2D eigenvalue weighted by Gasteiger charge is -2.61. The van der Waals surface area contributed by atoms with Crippen LogP contribution >= 0.6 is 0 Å². The smallest absolute Gasteiger partial charge is 0.00462 e. The van der Waals surface area contributed by atoms with Crippen LogP contribution < -0.4 is 5.32 Å². The van der Waals surface area contributed by atoms with Gasteiger partial charge in [0.1, 0.15) is 0 Å². The first-order valence-electron chi connectivity index (χ1n) is 8.65. The molecule has 5 saturated carbocycles. The van der Waals surface area contributed by atoms with Gasteiger partial charge in [-0.05, 0) is 99.0 Å². The zero-order valence-electron chi connectivity index (χ0n) is 13.1. The van der Waals surface area contributed by atoms with E-state index >= 15 is 0 Å². The molecule has 1 atom stereocenters. The Hall–Kier alpha value is -0.0400. The third-order valence-corrected chi connectivity index (χ3v) is 7.77. The predicted octanol–water partition coefficient (Wildman–Crippen LogP) is 4.23. The summed E-state index contributed by atoms with van der Waals surface area (Å²) in [5, 5.41) is 3.43. The average molecular weight is 261 g/mol. The van der Waals surface area contributed by atoms with Crippen molar-refractivity contribution in [2.75, 3.05) is 13.6 Å². The summed E-state index contributed by atoms with van der Waals surface area (Å²) >= 11 is 0. The SMILES string of the molecule is CNCCC1(C23CC4CC(CC(C4)C2)C3)CC1(C)C. The van der Waals surface area contributed by atoms with Crippen LogP contribution in [-0.2, 0) is 0 Å². The first kappa shape index (κ1) is 12.7. The molecule has 0 radical (unpaired) electrons. The van der Waals surface area contributed by atoms with E-state index in [1.54, 1.807) is 38.5 Å². The molecule has 5 rings (SSSR count). The average Bonchev–Trinajstić information content (AvgIpc) is 2.89. The van der Waals surface area contributed by atoms with E-state index in [0.717, 1.165) is 23.2 Å². The van der Waals surface area contributed by atoms with Gasteiger partial charge in [0.15, 0.2) is 0 Å². The molecule has 0 aromatic heterocycles. The molecule has 0 aromatic carbocycles. The van der Waals surface area contributed by atoms with Gasteiger partial charge in [0.2, 0.25) is 0 Å². The number of nitrogens with one attached hydrogen (secondary N) is 1. The summed E-state index contributed by atoms with van der Waals surface area (Å²) in [6, 6.07) is 0. The highest BCUT2D eigenvalue weighted by atomic mass is 14.8. The lowest BCUT2D eigenvalue weighted by atomic mass is 9.44. The summed E-state index contributed by atoms with van der Waals surface area (Å²) in [6.07, 6.45) is 12.5. The van der Waals surface area contributed by atoms with Crippen LogP contribution in [0.25, 0.3) is 0 Å². The molecule has 0 aliphatic heterocycles. The maximum absolute atomic E-state index is 3.43. The molecule has 1 unspecified atom stereocenters. The molecule has 19 heavy (non-hydrogen) atoms. The van der Waals surface area contributed by atoms with E-state index in [1.165, 1.54) is 19.4 Å². The zero-order chi connectivity index (χ0) is 13.3. The minimum absolute atomic E-state index is 0.621. The highest BCUT2D eigenvalue weighted by Gasteiger charge is 2.72. The molecule has 0 aromatic rings. The second-order valence-electron chi connectivity index (χ2n) is 9.19. The first-order chi connectivity index (χ1) is 9.00. The van der Waals surface area contributed by atoms with Crippen LogP contribution in [0.2, 0.25) is 0 Å². The highest BCUT2D eigenvalue weighted by Crippen LogP contribution is 2.80. The van der Waals surface area contributed by atoms with E-state index in [0.29, 0.717) is 10.8 Å². The summed E-state index contributed by atoms with van der Waals surface area (Å²) in [5.41, 5.74) is 2.07. The molecular formula is C18H31N. The highest BCUT2D eigenvalue weighted by molar-refractivity contribution is 5.22. The second kappa shape index (κ2) is 3.78. The Morgan fingerprint density at radius 2 is 1.42 bits per heavy atom. The lowest BCUT2D eigenvalue weighted by molar-refractivity contribution is -0.109. The molecule has 1 nitrogen and oxygen atoms in total. The number of hydrogen-bond donors (Lipinski definition) is 1.